The van der Waals surface area contributed by atoms with Gasteiger partial charge in [-0.2, -0.15) is 4.98 Å². The van der Waals surface area contributed by atoms with Gasteiger partial charge in [0.15, 0.2) is 11.5 Å². The number of rotatable bonds is 9. The van der Waals surface area contributed by atoms with Crippen molar-refractivity contribution in [3.05, 3.63) is 46.0 Å². The fourth-order valence-corrected chi connectivity index (χ4v) is 3.49. The lowest BCUT2D eigenvalue weighted by atomic mass is 10.1. The standard InChI is InChI=1S/C22H29N5O4/c1-14-19-17(12-18(30-5)20(14)31-6)24-22(25-21(19)28)27(3)13-15-11-16(7-8-23-15)26(2)9-10-29-4/h7-8,11-12H,9-10,13H2,1-6H3,(H,24,25,28). The molecular weight excluding hydrogens is 398 g/mol. The van der Waals surface area contributed by atoms with E-state index in [9.17, 15) is 4.79 Å². The lowest BCUT2D eigenvalue weighted by Gasteiger charge is -2.21. The van der Waals surface area contributed by atoms with Crippen LogP contribution in [0.15, 0.2) is 29.2 Å². The van der Waals surface area contributed by atoms with E-state index in [-0.39, 0.29) is 5.56 Å². The highest BCUT2D eigenvalue weighted by Crippen LogP contribution is 2.35. The van der Waals surface area contributed by atoms with E-state index >= 15 is 0 Å². The Morgan fingerprint density at radius 2 is 1.87 bits per heavy atom. The molecule has 0 saturated carbocycles. The number of hydrogen-bond acceptors (Lipinski definition) is 8. The molecule has 166 valence electrons. The number of nitrogens with one attached hydrogen (secondary N) is 1. The lowest BCUT2D eigenvalue weighted by molar-refractivity contribution is 0.206. The Hall–Kier alpha value is -3.33. The van der Waals surface area contributed by atoms with Gasteiger partial charge in [-0.15, -0.1) is 0 Å². The van der Waals surface area contributed by atoms with Crippen LogP contribution in [-0.4, -0.2) is 63.5 Å². The number of aryl methyl sites for hydroxylation is 1. The van der Waals surface area contributed by atoms with Crippen LogP contribution in [0, 0.1) is 6.92 Å². The molecule has 0 aliphatic carbocycles. The fourth-order valence-electron chi connectivity index (χ4n) is 3.49. The molecule has 0 unspecified atom stereocenters. The van der Waals surface area contributed by atoms with Crippen LogP contribution in [0.4, 0.5) is 11.6 Å². The Morgan fingerprint density at radius 1 is 1.10 bits per heavy atom. The van der Waals surface area contributed by atoms with Crippen molar-refractivity contribution in [2.75, 3.05) is 58.4 Å². The maximum atomic E-state index is 12.8. The second kappa shape index (κ2) is 9.65. The number of hydrogen-bond donors (Lipinski definition) is 1. The summed E-state index contributed by atoms with van der Waals surface area (Å²) in [7, 11) is 8.67. The first-order valence-corrected chi connectivity index (χ1v) is 9.91. The first kappa shape index (κ1) is 22.4. The molecule has 0 spiro atoms. The molecule has 0 saturated heterocycles. The summed E-state index contributed by atoms with van der Waals surface area (Å²) in [4.78, 5) is 28.7. The van der Waals surface area contributed by atoms with E-state index in [1.54, 1.807) is 33.6 Å². The van der Waals surface area contributed by atoms with Crippen LogP contribution >= 0.6 is 0 Å². The number of ether oxygens (including phenoxy) is 3. The van der Waals surface area contributed by atoms with E-state index < -0.39 is 0 Å². The van der Waals surface area contributed by atoms with Crippen LogP contribution in [0.1, 0.15) is 11.3 Å². The number of anilines is 2. The van der Waals surface area contributed by atoms with E-state index in [0.29, 0.717) is 47.1 Å². The number of aromatic nitrogens is 3. The third kappa shape index (κ3) is 4.72. The number of methoxy groups -OCH3 is 3. The summed E-state index contributed by atoms with van der Waals surface area (Å²) >= 11 is 0. The van der Waals surface area contributed by atoms with Gasteiger partial charge in [-0.1, -0.05) is 0 Å². The predicted octanol–water partition coefficient (Wildman–Crippen LogP) is 2.36. The smallest absolute Gasteiger partial charge is 0.282 e. The average molecular weight is 428 g/mol. The second-order valence-electron chi connectivity index (χ2n) is 7.30. The van der Waals surface area contributed by atoms with E-state index in [1.165, 1.54) is 0 Å². The van der Waals surface area contributed by atoms with Crippen molar-refractivity contribution in [1.29, 1.82) is 0 Å². The Bertz CT molecular complexity index is 1110. The lowest BCUT2D eigenvalue weighted by Crippen LogP contribution is -2.25. The third-order valence-corrected chi connectivity index (χ3v) is 5.21. The molecule has 0 aliphatic heterocycles. The Balaban J connectivity index is 1.91. The number of benzene rings is 1. The van der Waals surface area contributed by atoms with Gasteiger partial charge in [0.1, 0.15) is 0 Å². The van der Waals surface area contributed by atoms with Gasteiger partial charge in [0.2, 0.25) is 5.95 Å². The van der Waals surface area contributed by atoms with Crippen molar-refractivity contribution in [3.63, 3.8) is 0 Å². The monoisotopic (exact) mass is 427 g/mol. The van der Waals surface area contributed by atoms with Crippen molar-refractivity contribution in [1.82, 2.24) is 15.0 Å². The van der Waals surface area contributed by atoms with Gasteiger partial charge in [-0.25, -0.2) is 0 Å². The molecule has 0 bridgehead atoms. The predicted molar refractivity (Wildman–Crippen MR) is 122 cm³/mol. The van der Waals surface area contributed by atoms with Crippen molar-refractivity contribution < 1.29 is 14.2 Å². The summed E-state index contributed by atoms with van der Waals surface area (Å²) in [5.74, 6) is 1.53. The van der Waals surface area contributed by atoms with Crippen molar-refractivity contribution in [2.24, 2.45) is 0 Å². The average Bonchev–Trinajstić information content (AvgIpc) is 2.76. The molecule has 3 aromatic rings. The third-order valence-electron chi connectivity index (χ3n) is 5.21. The molecule has 2 aromatic heterocycles. The zero-order valence-corrected chi connectivity index (χ0v) is 18.9. The van der Waals surface area contributed by atoms with Crippen LogP contribution in [0.3, 0.4) is 0 Å². The second-order valence-corrected chi connectivity index (χ2v) is 7.30. The highest BCUT2D eigenvalue weighted by Gasteiger charge is 2.17. The minimum Gasteiger partial charge on any atom is -0.493 e. The summed E-state index contributed by atoms with van der Waals surface area (Å²) in [6.45, 7) is 3.72. The number of H-pyrrole nitrogens is 1. The molecule has 0 fully saturated rings. The number of pyridine rings is 1. The molecule has 31 heavy (non-hydrogen) atoms. The molecule has 2 heterocycles. The quantitative estimate of drug-likeness (QED) is 0.556. The molecule has 0 aliphatic rings. The van der Waals surface area contributed by atoms with Gasteiger partial charge in [-0.3, -0.25) is 9.78 Å². The van der Waals surface area contributed by atoms with Crippen LogP contribution < -0.4 is 24.8 Å². The summed E-state index contributed by atoms with van der Waals surface area (Å²) in [5, 5.41) is 0.481. The maximum Gasteiger partial charge on any atom is 0.282 e. The normalized spacial score (nSPS) is 10.9. The molecule has 0 amide bonds. The van der Waals surface area contributed by atoms with Crippen molar-refractivity contribution in [2.45, 2.75) is 13.5 Å². The van der Waals surface area contributed by atoms with Gasteiger partial charge in [0, 0.05) is 51.3 Å². The molecule has 3 rings (SSSR count). The van der Waals surface area contributed by atoms with Crippen LogP contribution in [0.25, 0.3) is 10.9 Å². The largest absolute Gasteiger partial charge is 0.493 e. The van der Waals surface area contributed by atoms with Gasteiger partial charge >= 0.3 is 0 Å². The first-order valence-electron chi connectivity index (χ1n) is 9.91. The SMILES string of the molecule is COCCN(C)c1ccnc(CN(C)c2nc(=O)c3c(C)c(OC)c(OC)cc3[nH]2)c1. The minimum absolute atomic E-state index is 0.324. The Kier molecular flexibility index (Phi) is 6.96. The molecular formula is C22H29N5O4. The van der Waals surface area contributed by atoms with E-state index in [0.717, 1.165) is 17.9 Å². The zero-order valence-electron chi connectivity index (χ0n) is 18.9. The summed E-state index contributed by atoms with van der Waals surface area (Å²) in [6, 6.07) is 5.73. The van der Waals surface area contributed by atoms with Crippen LogP contribution in [0.5, 0.6) is 11.5 Å². The molecule has 1 aromatic carbocycles. The number of nitrogens with zero attached hydrogens (tertiary/aromatic N) is 4. The number of fused-ring (bicyclic) bond motifs is 1. The zero-order chi connectivity index (χ0) is 22.5. The van der Waals surface area contributed by atoms with Gasteiger partial charge in [0.05, 0.1) is 44.0 Å². The summed E-state index contributed by atoms with van der Waals surface area (Å²) in [5.41, 5.74) is 2.90. The topological polar surface area (TPSA) is 92.8 Å². The van der Waals surface area contributed by atoms with E-state index in [4.69, 9.17) is 14.2 Å². The number of aromatic amines is 1. The molecule has 9 nitrogen and oxygen atoms in total. The first-order chi connectivity index (χ1) is 14.9. The van der Waals surface area contributed by atoms with Crippen molar-refractivity contribution in [3.8, 4) is 11.5 Å². The molecule has 0 atom stereocenters. The van der Waals surface area contributed by atoms with Crippen molar-refractivity contribution >= 4 is 22.5 Å². The molecule has 9 heteroatoms. The fraction of sp³-hybridized carbons (Fsp3) is 0.409. The number of likely N-dealkylation sites (N-methyl/N-ethyl adjacent to an activating group) is 1. The highest BCUT2D eigenvalue weighted by atomic mass is 16.5. The molecule has 0 radical (unpaired) electrons. The molecule has 1 N–H and O–H groups in total. The highest BCUT2D eigenvalue weighted by molar-refractivity contribution is 5.86. The van der Waals surface area contributed by atoms with E-state index in [2.05, 4.69) is 19.9 Å². The Labute approximate surface area is 181 Å². The van der Waals surface area contributed by atoms with Crippen LogP contribution in [-0.2, 0) is 11.3 Å². The minimum atomic E-state index is -0.324. The summed E-state index contributed by atoms with van der Waals surface area (Å²) in [6.07, 6.45) is 1.78. The van der Waals surface area contributed by atoms with Gasteiger partial charge < -0.3 is 29.0 Å². The van der Waals surface area contributed by atoms with Crippen LogP contribution in [0.2, 0.25) is 0 Å². The van der Waals surface area contributed by atoms with E-state index in [1.807, 2.05) is 38.1 Å². The van der Waals surface area contributed by atoms with Gasteiger partial charge in [0.25, 0.3) is 5.56 Å². The summed E-state index contributed by atoms with van der Waals surface area (Å²) < 4.78 is 16.0. The Morgan fingerprint density at radius 3 is 2.55 bits per heavy atom. The van der Waals surface area contributed by atoms with Gasteiger partial charge in [-0.05, 0) is 19.1 Å². The maximum absolute atomic E-state index is 12.8.